The van der Waals surface area contributed by atoms with E-state index in [0.717, 1.165) is 48.1 Å². The van der Waals surface area contributed by atoms with E-state index in [1.807, 2.05) is 146 Å². The summed E-state index contributed by atoms with van der Waals surface area (Å²) < 4.78 is 41.9. The van der Waals surface area contributed by atoms with Crippen LogP contribution in [0.15, 0.2) is 269 Å². The molecule has 0 bridgehead atoms. The molecule has 0 fully saturated rings. The molecule has 0 radical (unpaired) electrons. The van der Waals surface area contributed by atoms with Gasteiger partial charge in [0.2, 0.25) is 0 Å². The van der Waals surface area contributed by atoms with Crippen molar-refractivity contribution in [1.29, 1.82) is 0 Å². The topological polar surface area (TPSA) is 105 Å². The normalized spacial score (nSPS) is 12.8. The molecule has 362 valence electrons. The summed E-state index contributed by atoms with van der Waals surface area (Å²) >= 11 is -6.55. The van der Waals surface area contributed by atoms with Crippen molar-refractivity contribution in [3.8, 4) is 17.2 Å². The number of phenolic OH excluding ortho intramolecular Hbond substituents is 3. The minimum absolute atomic E-state index is 0.0908. The van der Waals surface area contributed by atoms with Gasteiger partial charge in [0.25, 0.3) is 0 Å². The molecule has 7 nitrogen and oxygen atoms in total. The molecule has 0 spiro atoms. The second-order valence-corrected chi connectivity index (χ2v) is 32.2. The van der Waals surface area contributed by atoms with Crippen molar-refractivity contribution in [2.45, 2.75) is 49.2 Å². The maximum absolute atomic E-state index is 18.1. The van der Waals surface area contributed by atoms with Crippen LogP contribution in [0, 0.1) is 0 Å². The van der Waals surface area contributed by atoms with Crippen molar-refractivity contribution in [2.75, 3.05) is 0 Å². The molecule has 0 saturated carbocycles. The fourth-order valence-electron chi connectivity index (χ4n) is 8.65. The molecular weight excluding hydrogens is 1050 g/mol. The van der Waals surface area contributed by atoms with Gasteiger partial charge >= 0.3 is 431 Å². The molecule has 0 amide bonds. The molecule has 0 aliphatic carbocycles. The van der Waals surface area contributed by atoms with Gasteiger partial charge in [-0.1, -0.05) is 0 Å². The van der Waals surface area contributed by atoms with Crippen LogP contribution in [0.3, 0.4) is 0 Å². The summed E-state index contributed by atoms with van der Waals surface area (Å²) in [5.74, 6) is 2.33. The van der Waals surface area contributed by atoms with E-state index in [1.54, 1.807) is 36.4 Å². The molecule has 9 aromatic carbocycles. The first-order valence-electron chi connectivity index (χ1n) is 23.3. The molecule has 0 saturated heterocycles. The molecule has 9 aromatic rings. The van der Waals surface area contributed by atoms with Crippen LogP contribution >= 0.6 is 30.9 Å². The van der Waals surface area contributed by atoms with E-state index >= 15 is 3.02 Å². The molecule has 0 aliphatic heterocycles. The van der Waals surface area contributed by atoms with Gasteiger partial charge in [0.1, 0.15) is 0 Å². The van der Waals surface area contributed by atoms with E-state index in [2.05, 4.69) is 72.8 Å². The van der Waals surface area contributed by atoms with Gasteiger partial charge < -0.3 is 0 Å². The summed E-state index contributed by atoms with van der Waals surface area (Å²) in [6, 6.07) is 81.8. The fraction of sp³-hybridized carbons (Fsp3) is 0.100. The quantitative estimate of drug-likeness (QED) is 0.0616. The van der Waals surface area contributed by atoms with Crippen molar-refractivity contribution < 1.29 is 25.7 Å². The number of aromatic hydroxyl groups is 3. The number of hydrogen-bond donors (Lipinski definition) is 3. The first kappa shape index (κ1) is 49.9. The van der Waals surface area contributed by atoms with Crippen LogP contribution in [0.5, 0.6) is 17.2 Å². The van der Waals surface area contributed by atoms with E-state index in [4.69, 9.17) is 7.38 Å². The van der Waals surface area contributed by atoms with Crippen molar-refractivity contribution in [3.05, 3.63) is 288 Å². The zero-order valence-electron chi connectivity index (χ0n) is 39.1. The Labute approximate surface area is 428 Å². The van der Waals surface area contributed by atoms with Gasteiger partial charge in [-0.05, 0) is 0 Å². The van der Waals surface area contributed by atoms with Gasteiger partial charge in [-0.15, -0.1) is 0 Å². The Morgan fingerprint density at radius 1 is 0.268 bits per heavy atom. The van der Waals surface area contributed by atoms with Gasteiger partial charge in [-0.25, -0.2) is 0 Å². The molecule has 0 atom stereocenters. The molecule has 0 aliphatic rings. The number of hydrogen-bond acceptors (Lipinski definition) is 7. The zero-order chi connectivity index (χ0) is 49.0. The van der Waals surface area contributed by atoms with Gasteiger partial charge in [0.05, 0.1) is 0 Å². The van der Waals surface area contributed by atoms with E-state index in [1.165, 1.54) is 0 Å². The average Bonchev–Trinajstić information content (AvgIpc) is 3.38. The van der Waals surface area contributed by atoms with Crippen LogP contribution in [-0.2, 0) is 44.9 Å². The third-order valence-corrected chi connectivity index (χ3v) is 33.6. The van der Waals surface area contributed by atoms with Crippen LogP contribution in [0.2, 0.25) is 0 Å². The van der Waals surface area contributed by atoms with E-state index in [0.29, 0.717) is 34.5 Å². The molecule has 0 aromatic heterocycles. The first-order chi connectivity index (χ1) is 34.6. The Hall–Kier alpha value is -6.07. The Balaban J connectivity index is 1.36. The van der Waals surface area contributed by atoms with Crippen molar-refractivity contribution in [3.63, 3.8) is 0 Å². The number of rotatable bonds is 21. The summed E-state index contributed by atoms with van der Waals surface area (Å²) in [6.07, 6.45) is 0. The third-order valence-electron chi connectivity index (χ3n) is 12.0. The van der Waals surface area contributed by atoms with Crippen molar-refractivity contribution in [2.24, 2.45) is 0 Å². The number of phenols is 3. The number of benzene rings is 9. The van der Waals surface area contributed by atoms with Crippen LogP contribution in [0.4, 0.5) is 0 Å². The van der Waals surface area contributed by atoms with Crippen molar-refractivity contribution >= 4 is 51.0 Å². The van der Waals surface area contributed by atoms with Gasteiger partial charge in [0.15, 0.2) is 0 Å². The van der Waals surface area contributed by atoms with Gasteiger partial charge in [0, 0.05) is 0 Å². The van der Waals surface area contributed by atoms with Crippen molar-refractivity contribution in [1.82, 2.24) is 0 Å². The van der Waals surface area contributed by atoms with E-state index < -0.39 is 51.0 Å². The summed E-state index contributed by atoms with van der Waals surface area (Å²) in [5, 5.41) is 32.5. The van der Waals surface area contributed by atoms with Crippen LogP contribution < -0.4 is 0 Å². The predicted molar refractivity (Wildman–Crippen MR) is 292 cm³/mol. The van der Waals surface area contributed by atoms with Gasteiger partial charge in [-0.2, -0.15) is 0 Å². The third kappa shape index (κ3) is 12.9. The Morgan fingerprint density at radius 2 is 0.437 bits per heavy atom. The fourth-order valence-corrected chi connectivity index (χ4v) is 34.0. The summed E-state index contributed by atoms with van der Waals surface area (Å²) in [6.45, 7) is 0. The maximum atomic E-state index is 18.1. The second kappa shape index (κ2) is 23.0. The average molecular weight is 1110 g/mol. The zero-order valence-corrected chi connectivity index (χ0v) is 44.1. The SMILES string of the molecule is [O]=[Sb]([O]S(Cc1ccccc1)(Cc1ccccc1)c1ccc(O)cc1)([O]S(Cc1ccccc1)(Cc1ccccc1)c1ccc(O)cc1)[O]S(Cc1ccccc1)(Cc1ccccc1)c1ccc(O)cc1. The Bertz CT molecular complexity index is 2640. The Morgan fingerprint density at radius 3 is 0.606 bits per heavy atom. The predicted octanol–water partition coefficient (Wildman–Crippen LogP) is 15.6. The standard InChI is InChI=1S/3C20H20O2S.O.Sb/c3*21-19-11-13-20(14-12-19)23(22,15-17-7-3-1-4-8-17)16-18-9-5-2-6-10-18;;/h3*1-14,21-22H,15-16H2;;/q;;;;+3/p-3. The molecule has 9 rings (SSSR count). The van der Waals surface area contributed by atoms with E-state index in [-0.39, 0.29) is 17.2 Å². The van der Waals surface area contributed by atoms with Crippen LogP contribution in [0.1, 0.15) is 33.4 Å². The molecule has 0 unspecified atom stereocenters. The molecule has 71 heavy (non-hydrogen) atoms. The molecular formula is C60H57O7S3Sb. The monoisotopic (exact) mass is 1110 g/mol. The molecule has 3 N–H and O–H groups in total. The van der Waals surface area contributed by atoms with E-state index in [9.17, 15) is 15.3 Å². The first-order valence-corrected chi connectivity index (χ1v) is 33.2. The minimum atomic E-state index is -6.55. The molecule has 11 heteroatoms. The van der Waals surface area contributed by atoms with Crippen LogP contribution in [-0.4, -0.2) is 35.4 Å². The summed E-state index contributed by atoms with van der Waals surface area (Å²) in [7, 11) is -8.42. The summed E-state index contributed by atoms with van der Waals surface area (Å²) in [5.41, 5.74) is 5.80. The summed E-state index contributed by atoms with van der Waals surface area (Å²) in [4.78, 5) is 2.28. The second-order valence-electron chi connectivity index (χ2n) is 17.4. The molecule has 0 heterocycles. The Kier molecular flexibility index (Phi) is 16.2. The van der Waals surface area contributed by atoms with Gasteiger partial charge in [-0.3, -0.25) is 0 Å². The van der Waals surface area contributed by atoms with Crippen LogP contribution in [0.25, 0.3) is 0 Å².